The molecule has 0 radical (unpaired) electrons. The van der Waals surface area contributed by atoms with Crippen LogP contribution in [0.5, 0.6) is 0 Å². The maximum atomic E-state index is 13.1. The molecule has 32 heavy (non-hydrogen) atoms. The van der Waals surface area contributed by atoms with E-state index >= 15 is 0 Å². The van der Waals surface area contributed by atoms with Gasteiger partial charge in [-0.2, -0.15) is 0 Å². The highest BCUT2D eigenvalue weighted by atomic mass is 16.6. The van der Waals surface area contributed by atoms with E-state index in [2.05, 4.69) is 14.8 Å². The first-order chi connectivity index (χ1) is 15.6. The molecule has 7 heteroatoms. The molecular weight excluding hydrogens is 404 g/mol. The summed E-state index contributed by atoms with van der Waals surface area (Å²) in [4.78, 5) is 37.2. The van der Waals surface area contributed by atoms with Crippen LogP contribution in [0.25, 0.3) is 0 Å². The number of likely N-dealkylation sites (N-methyl/N-ethyl adjacent to an activating group) is 1. The Bertz CT molecular complexity index is 853. The Balaban J connectivity index is 1.25. The van der Waals surface area contributed by atoms with E-state index in [1.165, 1.54) is 19.3 Å². The second-order valence-electron chi connectivity index (χ2n) is 10.1. The second kappa shape index (κ2) is 9.00. The van der Waals surface area contributed by atoms with Crippen LogP contribution in [-0.2, 0) is 15.1 Å². The molecule has 4 heterocycles. The number of ether oxygens (including phenoxy) is 1. The lowest BCUT2D eigenvalue weighted by Gasteiger charge is -2.37. The van der Waals surface area contributed by atoms with Crippen molar-refractivity contribution in [2.75, 3.05) is 51.2 Å². The fourth-order valence-electron chi connectivity index (χ4n) is 6.08. The normalized spacial score (nSPS) is 28.1. The van der Waals surface area contributed by atoms with Gasteiger partial charge in [0, 0.05) is 50.9 Å². The molecule has 1 saturated carbocycles. The van der Waals surface area contributed by atoms with Crippen molar-refractivity contribution in [3.63, 3.8) is 0 Å². The lowest BCUT2D eigenvalue weighted by molar-refractivity contribution is -0.137. The van der Waals surface area contributed by atoms with Crippen LogP contribution in [0, 0.1) is 5.92 Å². The van der Waals surface area contributed by atoms with Crippen LogP contribution in [-0.4, -0.2) is 73.0 Å². The number of likely N-dealkylation sites (tertiary alicyclic amines) is 1. The number of rotatable bonds is 5. The minimum atomic E-state index is -0.579. The molecule has 1 aromatic heterocycles. The predicted molar refractivity (Wildman–Crippen MR) is 123 cm³/mol. The molecule has 5 rings (SSSR count). The number of nitrogens with zero attached hydrogens (tertiary/aromatic N) is 4. The molecule has 2 saturated heterocycles. The van der Waals surface area contributed by atoms with Gasteiger partial charge in [0.1, 0.15) is 17.0 Å². The number of esters is 1. The number of amides is 1. The molecule has 3 aliphatic heterocycles. The summed E-state index contributed by atoms with van der Waals surface area (Å²) in [6, 6.07) is 1.97. The van der Waals surface area contributed by atoms with Crippen molar-refractivity contribution in [2.24, 2.45) is 5.92 Å². The molecule has 1 spiro atoms. The number of carbonyl (C=O) groups excluding carboxylic acids is 2. The van der Waals surface area contributed by atoms with Gasteiger partial charge in [-0.3, -0.25) is 4.79 Å². The van der Waals surface area contributed by atoms with Gasteiger partial charge in [0.15, 0.2) is 0 Å². The Hall–Kier alpha value is -2.15. The fraction of sp³-hybridized carbons (Fsp3) is 0.720. The standard InChI is InChI=1S/C25H36N4O3/c1-27(17-18-28-13-5-6-14-28)23(30)19-7-10-25(11-8-19)20-9-12-26-22(21(20)24(31)32-25)29-15-3-2-4-16-29/h9,12,19H,2-8,10-11,13-18H2,1H3. The van der Waals surface area contributed by atoms with E-state index in [1.54, 1.807) is 0 Å². The van der Waals surface area contributed by atoms with Gasteiger partial charge in [-0.25, -0.2) is 9.78 Å². The van der Waals surface area contributed by atoms with Crippen molar-refractivity contribution in [1.29, 1.82) is 0 Å². The summed E-state index contributed by atoms with van der Waals surface area (Å²) in [6.07, 6.45) is 10.9. The molecule has 0 N–H and O–H groups in total. The van der Waals surface area contributed by atoms with Gasteiger partial charge in [-0.05, 0) is 76.9 Å². The maximum absolute atomic E-state index is 13.1. The average molecular weight is 441 g/mol. The quantitative estimate of drug-likeness (QED) is 0.655. The van der Waals surface area contributed by atoms with E-state index in [9.17, 15) is 9.59 Å². The molecule has 3 fully saturated rings. The first-order valence-corrected chi connectivity index (χ1v) is 12.5. The Morgan fingerprint density at radius 1 is 1.12 bits per heavy atom. The molecule has 0 aromatic carbocycles. The lowest BCUT2D eigenvalue weighted by atomic mass is 9.74. The largest absolute Gasteiger partial charge is 0.450 e. The lowest BCUT2D eigenvalue weighted by Crippen LogP contribution is -2.41. The number of pyridine rings is 1. The summed E-state index contributed by atoms with van der Waals surface area (Å²) >= 11 is 0. The van der Waals surface area contributed by atoms with Crippen molar-refractivity contribution in [3.8, 4) is 0 Å². The summed E-state index contributed by atoms with van der Waals surface area (Å²) < 4.78 is 6.06. The summed E-state index contributed by atoms with van der Waals surface area (Å²) in [5.41, 5.74) is 1.08. The molecule has 0 bridgehead atoms. The van der Waals surface area contributed by atoms with Crippen LogP contribution in [0.3, 0.4) is 0 Å². The molecule has 1 aliphatic carbocycles. The van der Waals surface area contributed by atoms with Gasteiger partial charge in [0.05, 0.1) is 0 Å². The monoisotopic (exact) mass is 440 g/mol. The minimum Gasteiger partial charge on any atom is -0.450 e. The van der Waals surface area contributed by atoms with E-state index in [0.29, 0.717) is 18.4 Å². The zero-order valence-corrected chi connectivity index (χ0v) is 19.4. The molecule has 1 amide bonds. The van der Waals surface area contributed by atoms with E-state index < -0.39 is 5.60 Å². The highest BCUT2D eigenvalue weighted by molar-refractivity contribution is 5.99. The van der Waals surface area contributed by atoms with Crippen molar-refractivity contribution in [2.45, 2.75) is 63.4 Å². The number of fused-ring (bicyclic) bond motifs is 2. The number of hydrogen-bond acceptors (Lipinski definition) is 6. The van der Waals surface area contributed by atoms with E-state index in [1.807, 2.05) is 24.2 Å². The zero-order chi connectivity index (χ0) is 22.1. The third-order valence-electron chi connectivity index (χ3n) is 8.04. The van der Waals surface area contributed by atoms with Gasteiger partial charge in [-0.1, -0.05) is 0 Å². The summed E-state index contributed by atoms with van der Waals surface area (Å²) in [6.45, 7) is 5.98. The van der Waals surface area contributed by atoms with Crippen LogP contribution in [0.15, 0.2) is 12.3 Å². The maximum Gasteiger partial charge on any atom is 0.343 e. The zero-order valence-electron chi connectivity index (χ0n) is 19.4. The Kier molecular flexibility index (Phi) is 6.10. The number of anilines is 1. The van der Waals surface area contributed by atoms with Gasteiger partial charge in [0.25, 0.3) is 0 Å². The Morgan fingerprint density at radius 2 is 1.81 bits per heavy atom. The molecule has 4 aliphatic rings. The number of hydrogen-bond donors (Lipinski definition) is 0. The van der Waals surface area contributed by atoms with Crippen LogP contribution in [0.2, 0.25) is 0 Å². The van der Waals surface area contributed by atoms with Crippen LogP contribution in [0.1, 0.15) is 73.7 Å². The van der Waals surface area contributed by atoms with E-state index in [4.69, 9.17) is 4.74 Å². The van der Waals surface area contributed by atoms with Crippen LogP contribution >= 0.6 is 0 Å². The van der Waals surface area contributed by atoms with E-state index in [0.717, 1.165) is 76.3 Å². The third-order valence-corrected chi connectivity index (χ3v) is 8.04. The van der Waals surface area contributed by atoms with Crippen LogP contribution < -0.4 is 4.90 Å². The highest BCUT2D eigenvalue weighted by Crippen LogP contribution is 2.50. The Morgan fingerprint density at radius 3 is 2.53 bits per heavy atom. The first-order valence-electron chi connectivity index (χ1n) is 12.5. The molecule has 7 nitrogen and oxygen atoms in total. The third kappa shape index (κ3) is 4.00. The van der Waals surface area contributed by atoms with Gasteiger partial charge >= 0.3 is 5.97 Å². The number of carbonyl (C=O) groups is 2. The van der Waals surface area contributed by atoms with Crippen molar-refractivity contribution >= 4 is 17.7 Å². The summed E-state index contributed by atoms with van der Waals surface area (Å²) in [5.74, 6) is 0.827. The van der Waals surface area contributed by atoms with Gasteiger partial charge < -0.3 is 19.4 Å². The van der Waals surface area contributed by atoms with Crippen molar-refractivity contribution in [3.05, 3.63) is 23.4 Å². The van der Waals surface area contributed by atoms with Crippen LogP contribution in [0.4, 0.5) is 5.82 Å². The highest BCUT2D eigenvalue weighted by Gasteiger charge is 2.50. The molecule has 1 aromatic rings. The SMILES string of the molecule is CN(CCN1CCCC1)C(=O)C1CCC2(CC1)OC(=O)c1c2ccnc1N1CCCCC1. The van der Waals surface area contributed by atoms with Gasteiger partial charge in [-0.15, -0.1) is 0 Å². The Labute approximate surface area is 191 Å². The molecule has 174 valence electrons. The second-order valence-corrected chi connectivity index (χ2v) is 10.1. The molecule has 0 unspecified atom stereocenters. The summed E-state index contributed by atoms with van der Waals surface area (Å²) in [5, 5.41) is 0. The number of aromatic nitrogens is 1. The van der Waals surface area contributed by atoms with E-state index in [-0.39, 0.29) is 17.8 Å². The minimum absolute atomic E-state index is 0.0235. The smallest absolute Gasteiger partial charge is 0.343 e. The number of piperidine rings is 1. The topological polar surface area (TPSA) is 66.0 Å². The first kappa shape index (κ1) is 21.7. The van der Waals surface area contributed by atoms with Crippen molar-refractivity contribution < 1.29 is 14.3 Å². The average Bonchev–Trinajstić information content (AvgIpc) is 3.45. The van der Waals surface area contributed by atoms with Crippen molar-refractivity contribution in [1.82, 2.24) is 14.8 Å². The molecule has 0 atom stereocenters. The summed E-state index contributed by atoms with van der Waals surface area (Å²) in [7, 11) is 1.93. The van der Waals surface area contributed by atoms with Gasteiger partial charge in [0.2, 0.25) is 5.91 Å². The fourth-order valence-corrected chi connectivity index (χ4v) is 6.08. The predicted octanol–water partition coefficient (Wildman–Crippen LogP) is 3.18. The molecular formula is C25H36N4O3.